The van der Waals surface area contributed by atoms with E-state index < -0.39 is 11.6 Å². The third-order valence-corrected chi connectivity index (χ3v) is 3.28. The number of rotatable bonds is 5. The van der Waals surface area contributed by atoms with Crippen LogP contribution in [0.3, 0.4) is 0 Å². The first-order valence-electron chi connectivity index (χ1n) is 6.79. The summed E-state index contributed by atoms with van der Waals surface area (Å²) in [5.74, 6) is -0.974. The number of halogens is 2. The molecule has 0 radical (unpaired) electrons. The summed E-state index contributed by atoms with van der Waals surface area (Å²) in [5.41, 5.74) is 1.40. The zero-order valence-corrected chi connectivity index (χ0v) is 12.0. The molecule has 0 spiro atoms. The first-order chi connectivity index (χ1) is 9.97. The van der Waals surface area contributed by atoms with Crippen molar-refractivity contribution in [2.45, 2.75) is 32.9 Å². The van der Waals surface area contributed by atoms with Crippen LogP contribution < -0.4 is 5.32 Å². The van der Waals surface area contributed by atoms with E-state index >= 15 is 0 Å². The minimum absolute atomic E-state index is 0.0684. The molecule has 5 heteroatoms. The number of pyridine rings is 1. The molecule has 1 atom stereocenters. The van der Waals surface area contributed by atoms with E-state index in [-0.39, 0.29) is 23.8 Å². The van der Waals surface area contributed by atoms with Crippen LogP contribution in [0.25, 0.3) is 0 Å². The second kappa shape index (κ2) is 6.63. The first-order valence-corrected chi connectivity index (χ1v) is 6.79. The monoisotopic (exact) mass is 292 g/mol. The van der Waals surface area contributed by atoms with E-state index in [2.05, 4.69) is 10.3 Å². The van der Waals surface area contributed by atoms with Crippen molar-refractivity contribution in [2.75, 3.05) is 0 Å². The molecule has 0 amide bonds. The molecule has 1 aromatic carbocycles. The summed E-state index contributed by atoms with van der Waals surface area (Å²) in [4.78, 5) is 4.23. The van der Waals surface area contributed by atoms with E-state index in [0.29, 0.717) is 12.2 Å². The maximum absolute atomic E-state index is 13.6. The summed E-state index contributed by atoms with van der Waals surface area (Å²) < 4.78 is 27.1. The van der Waals surface area contributed by atoms with E-state index in [9.17, 15) is 13.9 Å². The van der Waals surface area contributed by atoms with Crippen LogP contribution >= 0.6 is 0 Å². The molecular formula is C16H18F2N2O. The van der Waals surface area contributed by atoms with Crippen LogP contribution in [0.15, 0.2) is 30.3 Å². The number of aromatic hydroxyl groups is 1. The van der Waals surface area contributed by atoms with Crippen molar-refractivity contribution < 1.29 is 13.9 Å². The fourth-order valence-electron chi connectivity index (χ4n) is 2.11. The van der Waals surface area contributed by atoms with Crippen molar-refractivity contribution in [3.05, 3.63) is 58.9 Å². The van der Waals surface area contributed by atoms with E-state index in [1.165, 1.54) is 18.2 Å². The van der Waals surface area contributed by atoms with Crippen LogP contribution in [-0.2, 0) is 13.0 Å². The predicted octanol–water partition coefficient (Wildman–Crippen LogP) is 3.09. The maximum Gasteiger partial charge on any atom is 0.138 e. The lowest BCUT2D eigenvalue weighted by Gasteiger charge is -2.15. The van der Waals surface area contributed by atoms with Crippen LogP contribution in [0.5, 0.6) is 5.75 Å². The van der Waals surface area contributed by atoms with Gasteiger partial charge in [-0.1, -0.05) is 6.07 Å². The topological polar surface area (TPSA) is 45.1 Å². The molecule has 0 aliphatic carbocycles. The van der Waals surface area contributed by atoms with Crippen molar-refractivity contribution in [1.82, 2.24) is 10.3 Å². The SMILES string of the molecule is Cc1ccc(O)c(CNC(C)Cc2c(F)cccc2F)n1. The largest absolute Gasteiger partial charge is 0.506 e. The van der Waals surface area contributed by atoms with Gasteiger partial charge in [0.25, 0.3) is 0 Å². The molecule has 0 fully saturated rings. The molecule has 0 saturated carbocycles. The first kappa shape index (κ1) is 15.4. The van der Waals surface area contributed by atoms with Crippen LogP contribution in [-0.4, -0.2) is 16.1 Å². The molecule has 112 valence electrons. The average molecular weight is 292 g/mol. The molecule has 1 unspecified atom stereocenters. The highest BCUT2D eigenvalue weighted by molar-refractivity contribution is 5.27. The normalized spacial score (nSPS) is 12.4. The fraction of sp³-hybridized carbons (Fsp3) is 0.312. The number of aryl methyl sites for hydroxylation is 1. The van der Waals surface area contributed by atoms with Gasteiger partial charge >= 0.3 is 0 Å². The lowest BCUT2D eigenvalue weighted by Crippen LogP contribution is -2.28. The third kappa shape index (κ3) is 3.98. The van der Waals surface area contributed by atoms with Gasteiger partial charge in [0, 0.05) is 23.8 Å². The van der Waals surface area contributed by atoms with Crippen molar-refractivity contribution in [3.63, 3.8) is 0 Å². The van der Waals surface area contributed by atoms with Gasteiger partial charge in [0.2, 0.25) is 0 Å². The third-order valence-electron chi connectivity index (χ3n) is 3.28. The number of nitrogens with one attached hydrogen (secondary N) is 1. The highest BCUT2D eigenvalue weighted by Crippen LogP contribution is 2.16. The Hall–Kier alpha value is -2.01. The molecular weight excluding hydrogens is 274 g/mol. The van der Waals surface area contributed by atoms with Crippen molar-refractivity contribution >= 4 is 0 Å². The van der Waals surface area contributed by atoms with Gasteiger partial charge in [-0.05, 0) is 44.5 Å². The van der Waals surface area contributed by atoms with Crippen LogP contribution in [0.2, 0.25) is 0 Å². The lowest BCUT2D eigenvalue weighted by atomic mass is 10.1. The second-order valence-corrected chi connectivity index (χ2v) is 5.10. The van der Waals surface area contributed by atoms with Crippen molar-refractivity contribution in [3.8, 4) is 5.75 Å². The molecule has 21 heavy (non-hydrogen) atoms. The maximum atomic E-state index is 13.6. The van der Waals surface area contributed by atoms with Gasteiger partial charge < -0.3 is 10.4 Å². The standard InChI is InChI=1S/C16H18F2N2O/c1-10-6-7-16(21)15(20-10)9-19-11(2)8-12-13(17)4-3-5-14(12)18/h3-7,11,19,21H,8-9H2,1-2H3. The summed E-state index contributed by atoms with van der Waals surface area (Å²) >= 11 is 0. The zero-order valence-electron chi connectivity index (χ0n) is 12.0. The van der Waals surface area contributed by atoms with E-state index in [1.54, 1.807) is 12.1 Å². The molecule has 3 nitrogen and oxygen atoms in total. The minimum atomic E-state index is -0.542. The molecule has 0 bridgehead atoms. The van der Waals surface area contributed by atoms with Gasteiger partial charge in [0.1, 0.15) is 17.4 Å². The molecule has 2 rings (SSSR count). The smallest absolute Gasteiger partial charge is 0.138 e. The summed E-state index contributed by atoms with van der Waals surface area (Å²) in [7, 11) is 0. The van der Waals surface area contributed by atoms with E-state index in [1.807, 2.05) is 13.8 Å². The Balaban J connectivity index is 1.99. The Morgan fingerprint density at radius 1 is 1.19 bits per heavy atom. The van der Waals surface area contributed by atoms with Gasteiger partial charge in [-0.3, -0.25) is 4.98 Å². The summed E-state index contributed by atoms with van der Waals surface area (Å²) in [5, 5.41) is 12.8. The van der Waals surface area contributed by atoms with Crippen molar-refractivity contribution in [2.24, 2.45) is 0 Å². The van der Waals surface area contributed by atoms with Gasteiger partial charge in [-0.15, -0.1) is 0 Å². The summed E-state index contributed by atoms with van der Waals surface area (Å²) in [6.45, 7) is 4.00. The molecule has 1 heterocycles. The van der Waals surface area contributed by atoms with Gasteiger partial charge in [0.05, 0.1) is 5.69 Å². The highest BCUT2D eigenvalue weighted by Gasteiger charge is 2.13. The molecule has 2 aromatic rings. The Morgan fingerprint density at radius 2 is 1.86 bits per heavy atom. The molecule has 0 aliphatic heterocycles. The number of hydrogen-bond acceptors (Lipinski definition) is 3. The molecule has 0 saturated heterocycles. The Kier molecular flexibility index (Phi) is 4.85. The molecule has 0 aliphatic rings. The Bertz CT molecular complexity index is 611. The zero-order chi connectivity index (χ0) is 15.4. The molecule has 2 N–H and O–H groups in total. The summed E-state index contributed by atoms with van der Waals surface area (Å²) in [6.07, 6.45) is 0.227. The van der Waals surface area contributed by atoms with Crippen LogP contribution in [0.4, 0.5) is 8.78 Å². The van der Waals surface area contributed by atoms with Gasteiger partial charge in [-0.25, -0.2) is 8.78 Å². The predicted molar refractivity (Wildman–Crippen MR) is 77.0 cm³/mol. The van der Waals surface area contributed by atoms with Crippen molar-refractivity contribution in [1.29, 1.82) is 0 Å². The number of aromatic nitrogens is 1. The van der Waals surface area contributed by atoms with E-state index in [0.717, 1.165) is 5.69 Å². The van der Waals surface area contributed by atoms with Gasteiger partial charge in [-0.2, -0.15) is 0 Å². The highest BCUT2D eigenvalue weighted by atomic mass is 19.1. The number of nitrogens with zero attached hydrogens (tertiary/aromatic N) is 1. The minimum Gasteiger partial charge on any atom is -0.506 e. The quantitative estimate of drug-likeness (QED) is 0.890. The van der Waals surface area contributed by atoms with Crippen LogP contribution in [0, 0.1) is 18.6 Å². The second-order valence-electron chi connectivity index (χ2n) is 5.10. The average Bonchev–Trinajstić information content (AvgIpc) is 2.44. The number of hydrogen-bond donors (Lipinski definition) is 2. The Labute approximate surface area is 122 Å². The van der Waals surface area contributed by atoms with Crippen LogP contribution in [0.1, 0.15) is 23.9 Å². The van der Waals surface area contributed by atoms with E-state index in [4.69, 9.17) is 0 Å². The van der Waals surface area contributed by atoms with Gasteiger partial charge in [0.15, 0.2) is 0 Å². The lowest BCUT2D eigenvalue weighted by molar-refractivity contribution is 0.449. The fourth-order valence-corrected chi connectivity index (χ4v) is 2.11. The summed E-state index contributed by atoms with van der Waals surface area (Å²) in [6, 6.07) is 6.99. The molecule has 1 aromatic heterocycles. The number of benzene rings is 1. The Morgan fingerprint density at radius 3 is 2.52 bits per heavy atom.